The summed E-state index contributed by atoms with van der Waals surface area (Å²) < 4.78 is 0. The van der Waals surface area contributed by atoms with Gasteiger partial charge in [0.1, 0.15) is 0 Å². The third-order valence-corrected chi connectivity index (χ3v) is 8.01. The molecule has 37 heavy (non-hydrogen) atoms. The maximum Gasteiger partial charge on any atom is 0.213 e. The standard InChI is InChI=1S/C26H36N10S/c1-5-13-23(14-6-1)35-25(27-29-33(35)21-31-17-9-3-10-18-31)37-26-28-30-34(22-32-19-11-4-12-20-32)36(26)24-15-7-2-8-16-24/h1-2,5-8,13-16,29-30H,3-4,9-12,17-22H2. The van der Waals surface area contributed by atoms with E-state index in [4.69, 9.17) is 10.2 Å². The van der Waals surface area contributed by atoms with Crippen LogP contribution in [0.1, 0.15) is 38.5 Å². The summed E-state index contributed by atoms with van der Waals surface area (Å²) in [5.41, 5.74) is 8.69. The van der Waals surface area contributed by atoms with E-state index in [1.54, 1.807) is 11.8 Å². The van der Waals surface area contributed by atoms with Gasteiger partial charge in [-0.05, 0) is 87.9 Å². The van der Waals surface area contributed by atoms with E-state index >= 15 is 0 Å². The SMILES string of the molecule is c1ccc(N2C(SC3=NNN(CN4CCCCC4)N3c3ccccc3)=NNN2CN2CCCCC2)cc1. The number of nitrogens with zero attached hydrogens (tertiary/aromatic N) is 8. The zero-order valence-corrected chi connectivity index (χ0v) is 22.1. The Balaban J connectivity index is 1.22. The van der Waals surface area contributed by atoms with Gasteiger partial charge >= 0.3 is 0 Å². The first-order chi connectivity index (χ1) is 18.3. The molecule has 0 amide bonds. The van der Waals surface area contributed by atoms with Gasteiger partial charge in [-0.15, -0.1) is 10.2 Å². The fourth-order valence-corrected chi connectivity index (χ4v) is 6.13. The van der Waals surface area contributed by atoms with E-state index in [2.05, 4.69) is 89.7 Å². The number of rotatable bonds is 6. The second kappa shape index (κ2) is 11.7. The number of amidine groups is 2. The molecule has 0 unspecified atom stereocenters. The minimum Gasteiger partial charge on any atom is -0.287 e. The van der Waals surface area contributed by atoms with Gasteiger partial charge in [0.25, 0.3) is 0 Å². The maximum absolute atomic E-state index is 4.76. The summed E-state index contributed by atoms with van der Waals surface area (Å²) in [6, 6.07) is 20.9. The Labute approximate surface area is 223 Å². The average Bonchev–Trinajstić information content (AvgIpc) is 3.54. The number of para-hydroxylation sites is 2. The molecule has 2 saturated heterocycles. The molecule has 6 rings (SSSR count). The summed E-state index contributed by atoms with van der Waals surface area (Å²) in [6.45, 7) is 6.02. The first kappa shape index (κ1) is 24.5. The molecule has 0 saturated carbocycles. The molecule has 2 fully saturated rings. The Morgan fingerprint density at radius 2 is 0.973 bits per heavy atom. The molecule has 0 spiro atoms. The minimum absolute atomic E-state index is 0.774. The van der Waals surface area contributed by atoms with Gasteiger partial charge in [0.15, 0.2) is 0 Å². The van der Waals surface area contributed by atoms with Crippen LogP contribution in [0.25, 0.3) is 0 Å². The van der Waals surface area contributed by atoms with Crippen LogP contribution < -0.4 is 21.1 Å². The first-order valence-corrected chi connectivity index (χ1v) is 14.2. The number of hydrogen-bond acceptors (Lipinski definition) is 11. The van der Waals surface area contributed by atoms with E-state index in [1.165, 1.54) is 38.5 Å². The van der Waals surface area contributed by atoms with Crippen LogP contribution in [0.4, 0.5) is 11.4 Å². The highest BCUT2D eigenvalue weighted by Crippen LogP contribution is 2.30. The van der Waals surface area contributed by atoms with Gasteiger partial charge in [-0.2, -0.15) is 0 Å². The third-order valence-electron chi connectivity index (χ3n) is 7.12. The monoisotopic (exact) mass is 520 g/mol. The van der Waals surface area contributed by atoms with Crippen molar-refractivity contribution in [2.75, 3.05) is 49.5 Å². The second-order valence-electron chi connectivity index (χ2n) is 9.82. The summed E-state index contributed by atoms with van der Waals surface area (Å²) in [6.07, 6.45) is 7.65. The van der Waals surface area contributed by atoms with Crippen LogP contribution in [0.15, 0.2) is 70.9 Å². The number of nitrogens with one attached hydrogen (secondary N) is 2. The average molecular weight is 521 g/mol. The van der Waals surface area contributed by atoms with Crippen LogP contribution in [-0.2, 0) is 0 Å². The second-order valence-corrected chi connectivity index (χ2v) is 10.8. The lowest BCUT2D eigenvalue weighted by Gasteiger charge is -2.36. The van der Waals surface area contributed by atoms with E-state index in [-0.39, 0.29) is 0 Å². The highest BCUT2D eigenvalue weighted by atomic mass is 32.2. The number of benzene rings is 2. The zero-order valence-electron chi connectivity index (χ0n) is 21.2. The molecule has 0 aliphatic carbocycles. The van der Waals surface area contributed by atoms with E-state index in [1.807, 2.05) is 12.1 Å². The number of hydrazone groups is 2. The molecular formula is C26H36N10S. The number of anilines is 2. The third kappa shape index (κ3) is 5.70. The van der Waals surface area contributed by atoms with Crippen molar-refractivity contribution in [3.05, 3.63) is 60.7 Å². The molecule has 10 nitrogen and oxygen atoms in total. The molecule has 0 atom stereocenters. The summed E-state index contributed by atoms with van der Waals surface area (Å²) >= 11 is 1.56. The van der Waals surface area contributed by atoms with Crippen molar-refractivity contribution in [3.63, 3.8) is 0 Å². The van der Waals surface area contributed by atoms with E-state index < -0.39 is 0 Å². The number of piperidine rings is 2. The quantitative estimate of drug-likeness (QED) is 0.594. The van der Waals surface area contributed by atoms with E-state index in [0.717, 1.165) is 61.2 Å². The lowest BCUT2D eigenvalue weighted by Crippen LogP contribution is -2.53. The molecule has 0 radical (unpaired) electrons. The van der Waals surface area contributed by atoms with Gasteiger partial charge < -0.3 is 0 Å². The van der Waals surface area contributed by atoms with Crippen molar-refractivity contribution in [1.82, 2.24) is 31.1 Å². The summed E-state index contributed by atoms with van der Waals surface area (Å²) in [5.74, 6) is 0. The van der Waals surface area contributed by atoms with Crippen LogP contribution in [0.5, 0.6) is 0 Å². The van der Waals surface area contributed by atoms with Crippen LogP contribution in [-0.4, -0.2) is 69.9 Å². The topological polar surface area (TPSA) is 68.2 Å². The number of thioether (sulfide) groups is 1. The van der Waals surface area contributed by atoms with Gasteiger partial charge in [0.2, 0.25) is 10.3 Å². The Kier molecular flexibility index (Phi) is 7.75. The fourth-order valence-electron chi connectivity index (χ4n) is 5.21. The molecule has 2 aromatic rings. The Hall–Kier alpha value is -2.83. The van der Waals surface area contributed by atoms with Crippen molar-refractivity contribution in [1.29, 1.82) is 0 Å². The molecule has 2 N–H and O–H groups in total. The zero-order chi connectivity index (χ0) is 24.9. The number of hydrazine groups is 4. The smallest absolute Gasteiger partial charge is 0.213 e. The van der Waals surface area contributed by atoms with Crippen molar-refractivity contribution < 1.29 is 0 Å². The van der Waals surface area contributed by atoms with Crippen LogP contribution in [0.2, 0.25) is 0 Å². The highest BCUT2D eigenvalue weighted by Gasteiger charge is 2.36. The minimum atomic E-state index is 0.774. The number of likely N-dealkylation sites (tertiary alicyclic amines) is 2. The fraction of sp³-hybridized carbons (Fsp3) is 0.462. The van der Waals surface area contributed by atoms with Crippen LogP contribution in [0, 0.1) is 0 Å². The molecule has 196 valence electrons. The van der Waals surface area contributed by atoms with Crippen LogP contribution >= 0.6 is 11.8 Å². The predicted molar refractivity (Wildman–Crippen MR) is 151 cm³/mol. The Bertz CT molecular complexity index is 984. The van der Waals surface area contributed by atoms with Crippen molar-refractivity contribution in [3.8, 4) is 0 Å². The summed E-state index contributed by atoms with van der Waals surface area (Å²) in [5, 5.41) is 19.7. The highest BCUT2D eigenvalue weighted by molar-refractivity contribution is 8.27. The molecular weight excluding hydrogens is 484 g/mol. The van der Waals surface area contributed by atoms with Crippen molar-refractivity contribution in [2.45, 2.75) is 38.5 Å². The van der Waals surface area contributed by atoms with Gasteiger partial charge in [-0.1, -0.05) is 59.5 Å². The molecule has 2 aromatic carbocycles. The van der Waals surface area contributed by atoms with Crippen LogP contribution in [0.3, 0.4) is 0 Å². The van der Waals surface area contributed by atoms with E-state index in [0.29, 0.717) is 0 Å². The molecule has 11 heteroatoms. The van der Waals surface area contributed by atoms with Crippen molar-refractivity contribution in [2.24, 2.45) is 10.2 Å². The normalized spacial score (nSPS) is 22.1. The van der Waals surface area contributed by atoms with E-state index in [9.17, 15) is 0 Å². The van der Waals surface area contributed by atoms with Gasteiger partial charge in [-0.25, -0.2) is 21.1 Å². The lowest BCUT2D eigenvalue weighted by atomic mass is 10.1. The molecule has 0 aromatic heterocycles. The molecule has 4 aliphatic heterocycles. The van der Waals surface area contributed by atoms with Gasteiger partial charge in [-0.3, -0.25) is 9.80 Å². The number of hydrogen-bond donors (Lipinski definition) is 2. The predicted octanol–water partition coefficient (Wildman–Crippen LogP) is 3.63. The lowest BCUT2D eigenvalue weighted by molar-refractivity contribution is 0.0872. The Morgan fingerprint density at radius 3 is 1.38 bits per heavy atom. The van der Waals surface area contributed by atoms with Gasteiger partial charge in [0.05, 0.1) is 24.7 Å². The summed E-state index contributed by atoms with van der Waals surface area (Å²) in [7, 11) is 0. The van der Waals surface area contributed by atoms with Crippen molar-refractivity contribution >= 4 is 33.5 Å². The summed E-state index contributed by atoms with van der Waals surface area (Å²) in [4.78, 5) is 4.97. The molecule has 4 aliphatic rings. The molecule has 0 bridgehead atoms. The Morgan fingerprint density at radius 1 is 0.568 bits per heavy atom. The first-order valence-electron chi connectivity index (χ1n) is 13.4. The largest absolute Gasteiger partial charge is 0.287 e. The molecule has 4 heterocycles. The maximum atomic E-state index is 4.76. The van der Waals surface area contributed by atoms with Gasteiger partial charge in [0, 0.05) is 0 Å².